The lowest BCUT2D eigenvalue weighted by Crippen LogP contribution is -2.29. The van der Waals surface area contributed by atoms with Gasteiger partial charge in [-0.05, 0) is 0 Å². The van der Waals surface area contributed by atoms with Crippen molar-refractivity contribution in [1.82, 2.24) is 0 Å². The fourth-order valence-electron chi connectivity index (χ4n) is 0.0673. The van der Waals surface area contributed by atoms with Crippen LogP contribution in [0, 0.1) is 15.2 Å². The summed E-state index contributed by atoms with van der Waals surface area (Å²) in [5, 5.41) is 25.5. The first-order chi connectivity index (χ1) is 3.18. The first-order valence-electron chi connectivity index (χ1n) is 1.54. The SMILES string of the molecule is N=[Si][Si](=N)[Si](=N)N. The molecule has 0 rings (SSSR count). The molecule has 0 aromatic heterocycles. The summed E-state index contributed by atoms with van der Waals surface area (Å²) < 4.78 is 0. The molecule has 0 heterocycles. The summed E-state index contributed by atoms with van der Waals surface area (Å²) in [6.45, 7) is 0. The van der Waals surface area contributed by atoms with E-state index >= 15 is 0 Å². The van der Waals surface area contributed by atoms with Gasteiger partial charge in [-0.1, -0.05) is 0 Å². The molecule has 0 saturated heterocycles. The number of rotatable bonds is 2. The van der Waals surface area contributed by atoms with Gasteiger partial charge in [-0.25, -0.2) is 0 Å². The average Bonchev–Trinajstić information content (AvgIpc) is 1.65. The van der Waals surface area contributed by atoms with Crippen LogP contribution in [0.3, 0.4) is 0 Å². The highest BCUT2D eigenvalue weighted by Crippen LogP contribution is 1.51. The molecular weight excluding hydrogens is 140 g/mol. The van der Waals surface area contributed by atoms with Crippen LogP contribution in [0.2, 0.25) is 0 Å². The molecule has 0 aliphatic carbocycles. The summed E-state index contributed by atoms with van der Waals surface area (Å²) in [6, 6.07) is 0. The smallest absolute Gasteiger partial charge is 0.254 e. The lowest BCUT2D eigenvalue weighted by Gasteiger charge is -1.79. The van der Waals surface area contributed by atoms with Gasteiger partial charge in [-0.15, -0.1) is 0 Å². The Labute approximate surface area is 46.0 Å². The van der Waals surface area contributed by atoms with Crippen LogP contribution in [-0.2, 0) is 0 Å². The fourth-order valence-corrected chi connectivity index (χ4v) is 1.82. The van der Waals surface area contributed by atoms with Crippen molar-refractivity contribution < 1.29 is 0 Å². The van der Waals surface area contributed by atoms with E-state index in [1.807, 2.05) is 0 Å². The minimum absolute atomic E-state index is 0.137. The third kappa shape index (κ3) is 2.53. The van der Waals surface area contributed by atoms with E-state index < -0.39 is 15.9 Å². The summed E-state index contributed by atoms with van der Waals surface area (Å²) >= 11 is 0. The van der Waals surface area contributed by atoms with E-state index in [4.69, 9.17) is 20.6 Å². The number of nitrogens with one attached hydrogen (secondary N) is 3. The molecule has 0 fully saturated rings. The first-order valence-corrected chi connectivity index (χ1v) is 7.62. The lowest BCUT2D eigenvalue weighted by atomic mass is 13.9. The third-order valence-corrected chi connectivity index (χ3v) is 7.10. The quantitative estimate of drug-likeness (QED) is 0.374. The highest BCUT2D eigenvalue weighted by atomic mass is 29.5. The van der Waals surface area contributed by atoms with Crippen molar-refractivity contribution in [2.45, 2.75) is 0 Å². The summed E-state index contributed by atoms with van der Waals surface area (Å²) in [7, 11) is -3.21. The Bertz CT molecular complexity index is 114. The number of hydrogen-bond acceptors (Lipinski definition) is 3. The molecule has 7 heteroatoms. The van der Waals surface area contributed by atoms with E-state index in [1.54, 1.807) is 0 Å². The standard InChI is InChI=1S/H5N4Si3/c1-5-7(4)6(2)3/h1-2,4H,3H2. The Morgan fingerprint density at radius 2 is 1.86 bits per heavy atom. The predicted molar refractivity (Wildman–Crippen MR) is 29.6 cm³/mol. The van der Waals surface area contributed by atoms with Crippen molar-refractivity contribution in [3.8, 4) is 0 Å². The van der Waals surface area contributed by atoms with Crippen molar-refractivity contribution >= 4 is 24.7 Å². The molecule has 0 aromatic rings. The van der Waals surface area contributed by atoms with Crippen molar-refractivity contribution in [3.63, 3.8) is 0 Å². The van der Waals surface area contributed by atoms with Crippen LogP contribution < -0.4 is 5.40 Å². The molecule has 37 valence electrons. The second-order valence-electron chi connectivity index (χ2n) is 0.914. The van der Waals surface area contributed by atoms with Crippen LogP contribution in [0.5, 0.6) is 0 Å². The van der Waals surface area contributed by atoms with Crippen molar-refractivity contribution in [2.24, 2.45) is 5.40 Å². The van der Waals surface area contributed by atoms with Gasteiger partial charge in [0.2, 0.25) is 0 Å². The Hall–Kier alpha value is -0.149. The molecule has 0 spiro atoms. The molecule has 0 atom stereocenters. The van der Waals surface area contributed by atoms with E-state index in [9.17, 15) is 0 Å². The molecule has 0 aliphatic rings. The van der Waals surface area contributed by atoms with Crippen molar-refractivity contribution in [2.75, 3.05) is 0 Å². The van der Waals surface area contributed by atoms with Gasteiger partial charge in [0.15, 0.2) is 16.5 Å². The lowest BCUT2D eigenvalue weighted by molar-refractivity contribution is 1.53. The first kappa shape index (κ1) is 6.85. The molecule has 7 heavy (non-hydrogen) atoms. The Balaban J connectivity index is 3.81. The zero-order valence-electron chi connectivity index (χ0n) is 3.58. The second kappa shape index (κ2) is 2.93. The molecule has 0 amide bonds. The minimum Gasteiger partial charge on any atom is -0.419 e. The predicted octanol–water partition coefficient (Wildman–Crippen LogP) is -0.839. The van der Waals surface area contributed by atoms with Crippen LogP contribution >= 0.6 is 0 Å². The van der Waals surface area contributed by atoms with Crippen molar-refractivity contribution in [1.29, 1.82) is 15.2 Å². The maximum absolute atomic E-state index is 6.93. The maximum atomic E-state index is 6.93. The summed E-state index contributed by atoms with van der Waals surface area (Å²) in [5.74, 6) is 0. The van der Waals surface area contributed by atoms with Crippen LogP contribution in [0.4, 0.5) is 0 Å². The third-order valence-electron chi connectivity index (χ3n) is 0.394. The summed E-state index contributed by atoms with van der Waals surface area (Å²) in [6.07, 6.45) is 0. The van der Waals surface area contributed by atoms with Gasteiger partial charge in [-0.2, -0.15) is 0 Å². The monoisotopic (exact) mass is 145 g/mol. The largest absolute Gasteiger partial charge is 0.419 e. The molecule has 0 bridgehead atoms. The van der Waals surface area contributed by atoms with Gasteiger partial charge in [0.25, 0.3) is 8.27 Å². The molecule has 5 N–H and O–H groups in total. The van der Waals surface area contributed by atoms with Crippen LogP contribution in [0.25, 0.3) is 0 Å². The van der Waals surface area contributed by atoms with E-state index in [0.29, 0.717) is 0 Å². The van der Waals surface area contributed by atoms with E-state index in [2.05, 4.69) is 0 Å². The molecule has 0 saturated carbocycles. The number of hydrogen-bond donors (Lipinski definition) is 4. The van der Waals surface area contributed by atoms with E-state index in [1.165, 1.54) is 0 Å². The Kier molecular flexibility index (Phi) is 2.87. The van der Waals surface area contributed by atoms with Gasteiger partial charge in [-0.3, -0.25) is 0 Å². The number of nitrogens with two attached hydrogens (primary N) is 1. The van der Waals surface area contributed by atoms with Gasteiger partial charge >= 0.3 is 0 Å². The molecule has 0 unspecified atom stereocenters. The molecule has 0 aliphatic heterocycles. The molecule has 4 nitrogen and oxygen atoms in total. The highest BCUT2D eigenvalue weighted by Gasteiger charge is 1.97. The normalized spacial score (nSPS) is 7.43. The molecule has 0 aromatic carbocycles. The summed E-state index contributed by atoms with van der Waals surface area (Å²) in [5.41, 5.74) is 0. The maximum Gasteiger partial charge on any atom is 0.254 e. The van der Waals surface area contributed by atoms with Crippen LogP contribution in [0.15, 0.2) is 0 Å². The van der Waals surface area contributed by atoms with Crippen LogP contribution in [0.1, 0.15) is 0 Å². The second-order valence-corrected chi connectivity index (χ2v) is 9.61. The van der Waals surface area contributed by atoms with Gasteiger partial charge in [0.1, 0.15) is 0 Å². The van der Waals surface area contributed by atoms with Crippen LogP contribution in [-0.4, -0.2) is 24.7 Å². The fraction of sp³-hybridized carbons (Fsp3) is 0. The zero-order chi connectivity index (χ0) is 5.86. The average molecular weight is 145 g/mol. The van der Waals surface area contributed by atoms with Gasteiger partial charge < -0.3 is 20.6 Å². The summed E-state index contributed by atoms with van der Waals surface area (Å²) in [4.78, 5) is 0. The molecular formula is H5N4Si3. The Morgan fingerprint density at radius 3 is 1.86 bits per heavy atom. The zero-order valence-corrected chi connectivity index (χ0v) is 6.58. The van der Waals surface area contributed by atoms with Gasteiger partial charge in [0.05, 0.1) is 0 Å². The van der Waals surface area contributed by atoms with E-state index in [-0.39, 0.29) is 8.83 Å². The highest BCUT2D eigenvalue weighted by molar-refractivity contribution is 7.31. The van der Waals surface area contributed by atoms with E-state index in [0.717, 1.165) is 0 Å². The van der Waals surface area contributed by atoms with Gasteiger partial charge in [0, 0.05) is 0 Å². The topological polar surface area (TPSA) is 97.6 Å². The Morgan fingerprint density at radius 1 is 1.43 bits per heavy atom. The molecule has 1 radical (unpaired) electrons. The van der Waals surface area contributed by atoms with Crippen molar-refractivity contribution in [3.05, 3.63) is 0 Å². The minimum atomic E-state index is -1.62.